The summed E-state index contributed by atoms with van der Waals surface area (Å²) in [5, 5.41) is 7.21. The lowest BCUT2D eigenvalue weighted by Gasteiger charge is -2.15. The molecule has 0 aliphatic rings. The molecule has 2 aromatic heterocycles. The summed E-state index contributed by atoms with van der Waals surface area (Å²) in [7, 11) is 0. The predicted octanol–water partition coefficient (Wildman–Crippen LogP) is 5.23. The van der Waals surface area contributed by atoms with Crippen molar-refractivity contribution in [1.82, 2.24) is 9.55 Å². The first-order valence-corrected chi connectivity index (χ1v) is 10.8. The summed E-state index contributed by atoms with van der Waals surface area (Å²) in [6, 6.07) is 22.5. The smallest absolute Gasteiger partial charge is 0.244 e. The number of hydrogen-bond acceptors (Lipinski definition) is 4. The zero-order valence-corrected chi connectivity index (χ0v) is 17.6. The Bertz CT molecular complexity index is 1440. The summed E-state index contributed by atoms with van der Waals surface area (Å²) in [6.07, 6.45) is 0. The van der Waals surface area contributed by atoms with Gasteiger partial charge in [0.05, 0.1) is 21.7 Å². The Hall–Kier alpha value is -3.77. The summed E-state index contributed by atoms with van der Waals surface area (Å²) < 4.78 is 1.90. The molecule has 0 saturated heterocycles. The van der Waals surface area contributed by atoms with E-state index in [-0.39, 0.29) is 17.9 Å². The highest BCUT2D eigenvalue weighted by Gasteiger charge is 2.13. The predicted molar refractivity (Wildman–Crippen MR) is 127 cm³/mol. The molecule has 0 atom stereocenters. The van der Waals surface area contributed by atoms with E-state index in [0.29, 0.717) is 16.5 Å². The lowest BCUT2D eigenvalue weighted by atomic mass is 10.1. The molecule has 31 heavy (non-hydrogen) atoms. The van der Waals surface area contributed by atoms with Crippen LogP contribution in [0.25, 0.3) is 33.1 Å². The fraction of sp³-hybridized carbons (Fsp3) is 0.0800. The molecule has 5 aromatic rings. The molecule has 3 aromatic carbocycles. The van der Waals surface area contributed by atoms with E-state index in [0.717, 1.165) is 27.3 Å². The average Bonchev–Trinajstić information content (AvgIpc) is 3.23. The molecule has 1 N–H and O–H groups in total. The van der Waals surface area contributed by atoms with Crippen LogP contribution in [0.5, 0.6) is 0 Å². The molecule has 5 nitrogen and oxygen atoms in total. The minimum atomic E-state index is -0.162. The number of hydrogen-bond donors (Lipinski definition) is 1. The van der Waals surface area contributed by atoms with Crippen molar-refractivity contribution in [2.24, 2.45) is 0 Å². The summed E-state index contributed by atoms with van der Waals surface area (Å²) in [6.45, 7) is 2.07. The topological polar surface area (TPSA) is 64.0 Å². The first-order valence-electron chi connectivity index (χ1n) is 9.93. The Labute approximate surface area is 182 Å². The molecule has 6 heteroatoms. The van der Waals surface area contributed by atoms with Gasteiger partial charge in [-0.05, 0) is 43.3 Å². The van der Waals surface area contributed by atoms with Crippen molar-refractivity contribution in [2.75, 3.05) is 5.32 Å². The first-order chi connectivity index (χ1) is 15.1. The van der Waals surface area contributed by atoms with Gasteiger partial charge in [-0.2, -0.15) is 0 Å². The Morgan fingerprint density at radius 2 is 1.65 bits per heavy atom. The molecule has 0 aliphatic heterocycles. The number of benzene rings is 3. The van der Waals surface area contributed by atoms with Gasteiger partial charge in [0.15, 0.2) is 5.43 Å². The van der Waals surface area contributed by atoms with Gasteiger partial charge in [0.2, 0.25) is 5.91 Å². The maximum absolute atomic E-state index is 13.0. The molecule has 2 heterocycles. The second-order valence-corrected chi connectivity index (χ2v) is 8.39. The standard InChI is InChI=1S/C25H19N3O2S/c1-16-26-21(15-31-16)17-7-6-8-18(13-17)27-24(29)14-28-22-11-4-2-9-19(22)25(30)20-10-3-5-12-23(20)28/h2-13,15H,14H2,1H3,(H,27,29). The number of para-hydroxylation sites is 2. The SMILES string of the molecule is Cc1nc(-c2cccc(NC(=O)Cn3c4ccccc4c(=O)c4ccccc43)c2)cs1. The van der Waals surface area contributed by atoms with Gasteiger partial charge in [-0.1, -0.05) is 36.4 Å². The minimum Gasteiger partial charge on any atom is -0.331 e. The van der Waals surface area contributed by atoms with E-state index in [9.17, 15) is 9.59 Å². The first kappa shape index (κ1) is 19.2. The Kier molecular flexibility index (Phi) is 4.84. The quantitative estimate of drug-likeness (QED) is 0.401. The van der Waals surface area contributed by atoms with Crippen LogP contribution in [0.15, 0.2) is 83.0 Å². The lowest BCUT2D eigenvalue weighted by molar-refractivity contribution is -0.116. The molecule has 0 saturated carbocycles. The van der Waals surface area contributed by atoms with E-state index in [2.05, 4.69) is 10.3 Å². The number of nitrogens with one attached hydrogen (secondary N) is 1. The lowest BCUT2D eigenvalue weighted by Crippen LogP contribution is -2.21. The van der Waals surface area contributed by atoms with Crippen LogP contribution in [0.3, 0.4) is 0 Å². The summed E-state index contributed by atoms with van der Waals surface area (Å²) in [5.41, 5.74) is 4.04. The fourth-order valence-corrected chi connectivity index (χ4v) is 4.47. The van der Waals surface area contributed by atoms with Crippen LogP contribution < -0.4 is 10.7 Å². The number of carbonyl (C=O) groups excluding carboxylic acids is 1. The van der Waals surface area contributed by atoms with Crippen molar-refractivity contribution in [3.63, 3.8) is 0 Å². The number of rotatable bonds is 4. The van der Waals surface area contributed by atoms with Crippen LogP contribution in [-0.4, -0.2) is 15.5 Å². The van der Waals surface area contributed by atoms with Crippen LogP contribution in [0.1, 0.15) is 5.01 Å². The third-order valence-corrected chi connectivity index (χ3v) is 6.02. The highest BCUT2D eigenvalue weighted by Crippen LogP contribution is 2.24. The van der Waals surface area contributed by atoms with Gasteiger partial charge in [0.1, 0.15) is 6.54 Å². The highest BCUT2D eigenvalue weighted by molar-refractivity contribution is 7.09. The molecule has 5 rings (SSSR count). The van der Waals surface area contributed by atoms with E-state index in [1.165, 1.54) is 0 Å². The second kappa shape index (κ2) is 7.81. The average molecular weight is 426 g/mol. The largest absolute Gasteiger partial charge is 0.331 e. The normalized spacial score (nSPS) is 11.1. The number of thiazole rings is 1. The van der Waals surface area contributed by atoms with Crippen LogP contribution in [0.2, 0.25) is 0 Å². The number of aryl methyl sites for hydroxylation is 1. The number of anilines is 1. The molecule has 0 spiro atoms. The number of carbonyl (C=O) groups is 1. The maximum atomic E-state index is 13.0. The van der Waals surface area contributed by atoms with E-state index in [4.69, 9.17) is 0 Å². The van der Waals surface area contributed by atoms with Crippen molar-refractivity contribution in [2.45, 2.75) is 13.5 Å². The van der Waals surface area contributed by atoms with Crippen molar-refractivity contribution in [3.8, 4) is 11.3 Å². The monoisotopic (exact) mass is 425 g/mol. The van der Waals surface area contributed by atoms with E-state index in [1.807, 2.05) is 77.5 Å². The number of fused-ring (bicyclic) bond motifs is 2. The van der Waals surface area contributed by atoms with E-state index in [1.54, 1.807) is 23.5 Å². The van der Waals surface area contributed by atoms with E-state index >= 15 is 0 Å². The Morgan fingerprint density at radius 3 is 2.29 bits per heavy atom. The van der Waals surface area contributed by atoms with Crippen LogP contribution in [0.4, 0.5) is 5.69 Å². The van der Waals surface area contributed by atoms with Gasteiger partial charge in [-0.15, -0.1) is 11.3 Å². The van der Waals surface area contributed by atoms with Gasteiger partial charge in [0, 0.05) is 27.4 Å². The number of nitrogens with zero attached hydrogens (tertiary/aromatic N) is 2. The third-order valence-electron chi connectivity index (χ3n) is 5.24. The minimum absolute atomic E-state index is 0.0193. The van der Waals surface area contributed by atoms with Crippen LogP contribution >= 0.6 is 11.3 Å². The number of aromatic nitrogens is 2. The zero-order valence-electron chi connectivity index (χ0n) is 16.8. The van der Waals surface area contributed by atoms with Gasteiger partial charge < -0.3 is 9.88 Å². The maximum Gasteiger partial charge on any atom is 0.244 e. The van der Waals surface area contributed by atoms with Gasteiger partial charge >= 0.3 is 0 Å². The molecule has 0 radical (unpaired) electrons. The highest BCUT2D eigenvalue weighted by atomic mass is 32.1. The summed E-state index contributed by atoms with van der Waals surface area (Å²) in [4.78, 5) is 30.4. The number of pyridine rings is 1. The van der Waals surface area contributed by atoms with Crippen molar-refractivity contribution >= 4 is 44.7 Å². The van der Waals surface area contributed by atoms with Crippen molar-refractivity contribution in [3.05, 3.63) is 93.4 Å². The molecule has 0 fully saturated rings. The van der Waals surface area contributed by atoms with Crippen LogP contribution in [0, 0.1) is 6.92 Å². The molecular formula is C25H19N3O2S. The molecule has 0 bridgehead atoms. The summed E-state index contributed by atoms with van der Waals surface area (Å²) >= 11 is 1.60. The third kappa shape index (κ3) is 3.62. The van der Waals surface area contributed by atoms with Gasteiger partial charge in [0.25, 0.3) is 0 Å². The molecular weight excluding hydrogens is 406 g/mol. The molecule has 1 amide bonds. The van der Waals surface area contributed by atoms with Crippen LogP contribution in [-0.2, 0) is 11.3 Å². The van der Waals surface area contributed by atoms with Crippen molar-refractivity contribution in [1.29, 1.82) is 0 Å². The molecule has 0 aliphatic carbocycles. The molecule has 0 unspecified atom stereocenters. The Morgan fingerprint density at radius 1 is 0.968 bits per heavy atom. The Balaban J connectivity index is 1.50. The van der Waals surface area contributed by atoms with Gasteiger partial charge in [-0.3, -0.25) is 9.59 Å². The van der Waals surface area contributed by atoms with Crippen molar-refractivity contribution < 1.29 is 4.79 Å². The van der Waals surface area contributed by atoms with E-state index < -0.39 is 0 Å². The number of amides is 1. The summed E-state index contributed by atoms with van der Waals surface area (Å²) in [5.74, 6) is -0.162. The fourth-order valence-electron chi connectivity index (χ4n) is 3.84. The zero-order chi connectivity index (χ0) is 21.4. The molecule has 152 valence electrons. The second-order valence-electron chi connectivity index (χ2n) is 7.33. The van der Waals surface area contributed by atoms with Gasteiger partial charge in [-0.25, -0.2) is 4.98 Å².